The van der Waals surface area contributed by atoms with Gasteiger partial charge in [-0.2, -0.15) is 0 Å². The average Bonchev–Trinajstić information content (AvgIpc) is 3.27. The summed E-state index contributed by atoms with van der Waals surface area (Å²) in [5.41, 5.74) is -0.103. The molecule has 0 aromatic carbocycles. The van der Waals surface area contributed by atoms with Gasteiger partial charge in [-0.25, -0.2) is 4.98 Å². The van der Waals surface area contributed by atoms with Crippen molar-refractivity contribution in [3.05, 3.63) is 30.1 Å². The molecule has 0 spiro atoms. The lowest BCUT2D eigenvalue weighted by molar-refractivity contribution is 0.0732. The van der Waals surface area contributed by atoms with Gasteiger partial charge in [0.15, 0.2) is 12.1 Å². The van der Waals surface area contributed by atoms with Crippen molar-refractivity contribution in [2.24, 2.45) is 5.92 Å². The van der Waals surface area contributed by atoms with E-state index in [9.17, 15) is 4.79 Å². The minimum atomic E-state index is -0.417. The molecule has 2 aliphatic heterocycles. The van der Waals surface area contributed by atoms with Gasteiger partial charge >= 0.3 is 0 Å². The highest BCUT2D eigenvalue weighted by atomic mass is 16.5. The number of likely N-dealkylation sites (tertiary alicyclic amines) is 1. The minimum absolute atomic E-state index is 0.142. The summed E-state index contributed by atoms with van der Waals surface area (Å²) >= 11 is 0. The highest BCUT2D eigenvalue weighted by molar-refractivity contribution is 5.92. The molecule has 8 nitrogen and oxygen atoms in total. The zero-order valence-corrected chi connectivity index (χ0v) is 13.1. The standard InChI is InChI=1S/C15H18N4O4/c1-9(2)12-17-18-14(23-12)15-6-19(3-10(15)4-21-7-15)13(20)11-5-22-8-16-11/h5,8-10H,3-4,6-7H2,1-2H3/t10-,15-/m1/s1. The summed E-state index contributed by atoms with van der Waals surface area (Å²) in [5.74, 6) is 1.36. The molecule has 2 aromatic rings. The van der Waals surface area contributed by atoms with Crippen LogP contribution in [0, 0.1) is 5.92 Å². The average molecular weight is 318 g/mol. The third-order valence-corrected chi connectivity index (χ3v) is 4.67. The first-order valence-electron chi connectivity index (χ1n) is 7.69. The van der Waals surface area contributed by atoms with Gasteiger partial charge in [0, 0.05) is 24.9 Å². The highest BCUT2D eigenvalue weighted by Gasteiger charge is 2.56. The Balaban J connectivity index is 1.63. The molecule has 23 heavy (non-hydrogen) atoms. The van der Waals surface area contributed by atoms with Crippen LogP contribution in [0.25, 0.3) is 0 Å². The summed E-state index contributed by atoms with van der Waals surface area (Å²) in [4.78, 5) is 18.2. The van der Waals surface area contributed by atoms with Crippen molar-refractivity contribution in [3.63, 3.8) is 0 Å². The van der Waals surface area contributed by atoms with Gasteiger partial charge in [-0.05, 0) is 0 Å². The molecule has 4 heterocycles. The Morgan fingerprint density at radius 1 is 1.43 bits per heavy atom. The van der Waals surface area contributed by atoms with Crippen molar-refractivity contribution in [3.8, 4) is 0 Å². The van der Waals surface area contributed by atoms with Crippen LogP contribution < -0.4 is 0 Å². The van der Waals surface area contributed by atoms with Crippen LogP contribution >= 0.6 is 0 Å². The van der Waals surface area contributed by atoms with Gasteiger partial charge in [0.1, 0.15) is 6.26 Å². The number of aromatic nitrogens is 3. The number of amides is 1. The maximum absolute atomic E-state index is 12.5. The number of hydrogen-bond donors (Lipinski definition) is 0. The maximum Gasteiger partial charge on any atom is 0.275 e. The van der Waals surface area contributed by atoms with Gasteiger partial charge in [0.05, 0.1) is 18.6 Å². The molecule has 0 radical (unpaired) electrons. The Labute approximate surface area is 132 Å². The first kappa shape index (κ1) is 14.4. The molecule has 0 bridgehead atoms. The van der Waals surface area contributed by atoms with E-state index in [2.05, 4.69) is 15.2 Å². The Kier molecular flexibility index (Phi) is 3.22. The lowest BCUT2D eigenvalue weighted by Crippen LogP contribution is -2.37. The fourth-order valence-corrected chi connectivity index (χ4v) is 3.34. The van der Waals surface area contributed by atoms with Crippen LogP contribution in [0.1, 0.15) is 42.0 Å². The minimum Gasteiger partial charge on any atom is -0.451 e. The molecule has 4 rings (SSSR count). The second-order valence-electron chi connectivity index (χ2n) is 6.53. The molecule has 2 atom stereocenters. The fraction of sp³-hybridized carbons (Fsp3) is 0.600. The van der Waals surface area contributed by atoms with E-state index >= 15 is 0 Å². The lowest BCUT2D eigenvalue weighted by Gasteiger charge is -2.22. The van der Waals surface area contributed by atoms with Crippen LogP contribution in [0.3, 0.4) is 0 Å². The molecular weight excluding hydrogens is 300 g/mol. The predicted molar refractivity (Wildman–Crippen MR) is 76.8 cm³/mol. The van der Waals surface area contributed by atoms with Crippen molar-refractivity contribution in [1.29, 1.82) is 0 Å². The third-order valence-electron chi connectivity index (χ3n) is 4.67. The van der Waals surface area contributed by atoms with Crippen molar-refractivity contribution < 1.29 is 18.4 Å². The second kappa shape index (κ2) is 5.16. The molecule has 0 aliphatic carbocycles. The number of nitrogens with zero attached hydrogens (tertiary/aromatic N) is 4. The van der Waals surface area contributed by atoms with E-state index in [0.29, 0.717) is 43.8 Å². The molecule has 122 valence electrons. The summed E-state index contributed by atoms with van der Waals surface area (Å²) in [6, 6.07) is 0. The predicted octanol–water partition coefficient (Wildman–Crippen LogP) is 1.22. The Hall–Kier alpha value is -2.22. The molecule has 0 unspecified atom stereocenters. The Morgan fingerprint density at radius 2 is 2.30 bits per heavy atom. The van der Waals surface area contributed by atoms with Crippen molar-refractivity contribution in [2.45, 2.75) is 25.2 Å². The normalized spacial score (nSPS) is 26.9. The van der Waals surface area contributed by atoms with Crippen LogP contribution in [0.4, 0.5) is 0 Å². The van der Waals surface area contributed by atoms with Gasteiger partial charge in [-0.1, -0.05) is 13.8 Å². The zero-order valence-electron chi connectivity index (χ0n) is 13.1. The summed E-state index contributed by atoms with van der Waals surface area (Å²) in [6.45, 7) is 6.16. The van der Waals surface area contributed by atoms with Gasteiger partial charge in [-0.15, -0.1) is 10.2 Å². The lowest BCUT2D eigenvalue weighted by atomic mass is 9.81. The molecule has 2 aromatic heterocycles. The second-order valence-corrected chi connectivity index (χ2v) is 6.53. The summed E-state index contributed by atoms with van der Waals surface area (Å²) in [6.07, 6.45) is 2.62. The van der Waals surface area contributed by atoms with E-state index in [4.69, 9.17) is 13.6 Å². The number of fused-ring (bicyclic) bond motifs is 1. The Morgan fingerprint density at radius 3 is 3.00 bits per heavy atom. The van der Waals surface area contributed by atoms with Gasteiger partial charge < -0.3 is 18.5 Å². The van der Waals surface area contributed by atoms with Crippen molar-refractivity contribution in [1.82, 2.24) is 20.1 Å². The van der Waals surface area contributed by atoms with Crippen LogP contribution in [-0.2, 0) is 10.2 Å². The quantitative estimate of drug-likeness (QED) is 0.839. The molecular formula is C15H18N4O4. The smallest absolute Gasteiger partial charge is 0.275 e. The number of carbonyl (C=O) groups excluding carboxylic acids is 1. The molecule has 2 saturated heterocycles. The summed E-state index contributed by atoms with van der Waals surface area (Å²) in [7, 11) is 0. The number of carbonyl (C=O) groups is 1. The van der Waals surface area contributed by atoms with E-state index in [1.54, 1.807) is 4.90 Å². The summed E-state index contributed by atoms with van der Waals surface area (Å²) in [5, 5.41) is 8.37. The number of rotatable bonds is 3. The first-order chi connectivity index (χ1) is 11.1. The number of ether oxygens (including phenoxy) is 1. The van der Waals surface area contributed by atoms with E-state index < -0.39 is 5.41 Å². The maximum atomic E-state index is 12.5. The monoisotopic (exact) mass is 318 g/mol. The first-order valence-corrected chi connectivity index (χ1v) is 7.69. The van der Waals surface area contributed by atoms with E-state index in [1.165, 1.54) is 12.7 Å². The zero-order chi connectivity index (χ0) is 16.0. The topological polar surface area (TPSA) is 94.5 Å². The van der Waals surface area contributed by atoms with Gasteiger partial charge in [-0.3, -0.25) is 4.79 Å². The highest BCUT2D eigenvalue weighted by Crippen LogP contribution is 2.43. The molecule has 2 fully saturated rings. The fourth-order valence-electron chi connectivity index (χ4n) is 3.34. The molecule has 8 heteroatoms. The van der Waals surface area contributed by atoms with Crippen LogP contribution in [0.2, 0.25) is 0 Å². The van der Waals surface area contributed by atoms with Gasteiger partial charge in [0.25, 0.3) is 5.91 Å². The van der Waals surface area contributed by atoms with Crippen molar-refractivity contribution >= 4 is 5.91 Å². The van der Waals surface area contributed by atoms with Gasteiger partial charge in [0.2, 0.25) is 11.8 Å². The van der Waals surface area contributed by atoms with Crippen LogP contribution in [-0.4, -0.2) is 52.3 Å². The molecule has 2 aliphatic rings. The van der Waals surface area contributed by atoms with Crippen LogP contribution in [0.5, 0.6) is 0 Å². The molecule has 0 N–H and O–H groups in total. The summed E-state index contributed by atoms with van der Waals surface area (Å²) < 4.78 is 16.4. The third kappa shape index (κ3) is 2.16. The van der Waals surface area contributed by atoms with E-state index in [1.807, 2.05) is 13.8 Å². The van der Waals surface area contributed by atoms with Crippen LogP contribution in [0.15, 0.2) is 21.5 Å². The number of hydrogen-bond acceptors (Lipinski definition) is 7. The molecule has 0 saturated carbocycles. The van der Waals surface area contributed by atoms with E-state index in [0.717, 1.165) is 0 Å². The van der Waals surface area contributed by atoms with Crippen molar-refractivity contribution in [2.75, 3.05) is 26.3 Å². The molecule has 1 amide bonds. The van der Waals surface area contributed by atoms with E-state index in [-0.39, 0.29) is 17.7 Å². The number of oxazole rings is 1. The SMILES string of the molecule is CC(C)c1nnc([C@]23COC[C@H]2CN(C(=O)c2cocn2)C3)o1. The Bertz CT molecular complexity index is 711. The largest absolute Gasteiger partial charge is 0.451 e.